The van der Waals surface area contributed by atoms with Crippen LogP contribution in [0, 0.1) is 27.2 Å². The maximum absolute atomic E-state index is 12.7. The molecule has 1 N–H and O–H groups in total. The number of hydrazone groups is 1. The fourth-order valence-corrected chi connectivity index (χ4v) is 4.75. The van der Waals surface area contributed by atoms with Crippen LogP contribution in [0.5, 0.6) is 11.5 Å². The molecule has 3 aliphatic carbocycles. The van der Waals surface area contributed by atoms with E-state index in [9.17, 15) is 14.7 Å². The second-order valence-electron chi connectivity index (χ2n) is 6.63. The highest BCUT2D eigenvalue weighted by Gasteiger charge is 2.56. The molecule has 4 atom stereocenters. The summed E-state index contributed by atoms with van der Waals surface area (Å²) in [6, 6.07) is 3.33. The van der Waals surface area contributed by atoms with Gasteiger partial charge in [0.2, 0.25) is 0 Å². The van der Waals surface area contributed by atoms with Gasteiger partial charge in [-0.3, -0.25) is 9.59 Å². The largest absolute Gasteiger partial charge is 0.504 e. The molecule has 1 saturated carbocycles. The van der Waals surface area contributed by atoms with Crippen molar-refractivity contribution in [1.29, 1.82) is 0 Å². The average Bonchev–Trinajstić information content (AvgIpc) is 2.90. The van der Waals surface area contributed by atoms with Crippen molar-refractivity contribution in [2.75, 3.05) is 7.11 Å². The van der Waals surface area contributed by atoms with Crippen LogP contribution in [0.1, 0.15) is 18.4 Å². The average molecular weight is 452 g/mol. The molecular formula is C18H17IN2O4. The summed E-state index contributed by atoms with van der Waals surface area (Å²) in [6.45, 7) is 0. The highest BCUT2D eigenvalue weighted by atomic mass is 127. The number of carbonyl (C=O) groups excluding carboxylic acids is 2. The number of rotatable bonds is 3. The summed E-state index contributed by atoms with van der Waals surface area (Å²) in [6.07, 6.45) is 7.56. The second kappa shape index (κ2) is 6.12. The molecule has 0 unspecified atom stereocenters. The van der Waals surface area contributed by atoms with Crippen molar-refractivity contribution >= 4 is 40.6 Å². The van der Waals surface area contributed by atoms with E-state index in [0.29, 0.717) is 14.9 Å². The minimum atomic E-state index is -0.261. The van der Waals surface area contributed by atoms with E-state index in [4.69, 9.17) is 4.74 Å². The Labute approximate surface area is 158 Å². The predicted octanol–water partition coefficient (Wildman–Crippen LogP) is 2.54. The summed E-state index contributed by atoms with van der Waals surface area (Å²) in [7, 11) is 1.47. The van der Waals surface area contributed by atoms with E-state index >= 15 is 0 Å². The molecule has 2 bridgehead atoms. The number of hydrogen-bond donors (Lipinski definition) is 1. The van der Waals surface area contributed by atoms with Crippen LogP contribution in [-0.2, 0) is 9.59 Å². The Morgan fingerprint density at radius 1 is 1.20 bits per heavy atom. The molecule has 1 aliphatic heterocycles. The van der Waals surface area contributed by atoms with Gasteiger partial charge in [0.15, 0.2) is 11.5 Å². The minimum absolute atomic E-state index is 0.0576. The summed E-state index contributed by atoms with van der Waals surface area (Å²) < 4.78 is 5.73. The maximum atomic E-state index is 12.7. The van der Waals surface area contributed by atoms with Gasteiger partial charge in [-0.25, -0.2) is 0 Å². The zero-order valence-electron chi connectivity index (χ0n) is 13.6. The zero-order valence-corrected chi connectivity index (χ0v) is 15.7. The van der Waals surface area contributed by atoms with Gasteiger partial charge in [-0.1, -0.05) is 12.2 Å². The van der Waals surface area contributed by atoms with Gasteiger partial charge >= 0.3 is 0 Å². The Bertz CT molecular complexity index is 788. The first-order valence-corrected chi connectivity index (χ1v) is 9.25. The first kappa shape index (κ1) is 16.6. The molecule has 1 heterocycles. The van der Waals surface area contributed by atoms with Crippen molar-refractivity contribution in [3.63, 3.8) is 0 Å². The Hall–Kier alpha value is -1.90. The van der Waals surface area contributed by atoms with Crippen LogP contribution in [0.4, 0.5) is 0 Å². The van der Waals surface area contributed by atoms with Crippen LogP contribution in [0.25, 0.3) is 0 Å². The Morgan fingerprint density at radius 2 is 1.80 bits per heavy atom. The highest BCUT2D eigenvalue weighted by Crippen LogP contribution is 2.49. The molecule has 1 saturated heterocycles. The van der Waals surface area contributed by atoms with Crippen molar-refractivity contribution in [3.05, 3.63) is 33.4 Å². The number of methoxy groups -OCH3 is 1. The number of phenols is 1. The van der Waals surface area contributed by atoms with E-state index in [-0.39, 0.29) is 41.2 Å². The quantitative estimate of drug-likeness (QED) is 0.331. The molecule has 2 amide bonds. The van der Waals surface area contributed by atoms with Gasteiger partial charge in [0.1, 0.15) is 0 Å². The Kier molecular flexibility index (Phi) is 4.05. The van der Waals surface area contributed by atoms with Crippen molar-refractivity contribution < 1.29 is 19.4 Å². The van der Waals surface area contributed by atoms with E-state index in [2.05, 4.69) is 17.3 Å². The first-order valence-electron chi connectivity index (χ1n) is 8.18. The lowest BCUT2D eigenvalue weighted by Crippen LogP contribution is -2.38. The smallest absolute Gasteiger partial charge is 0.254 e. The molecule has 2 fully saturated rings. The van der Waals surface area contributed by atoms with Crippen LogP contribution < -0.4 is 4.74 Å². The number of halogens is 1. The predicted molar refractivity (Wildman–Crippen MR) is 99.2 cm³/mol. The van der Waals surface area contributed by atoms with Gasteiger partial charge in [0, 0.05) is 0 Å². The number of hydrogen-bond acceptors (Lipinski definition) is 5. The Morgan fingerprint density at radius 3 is 2.32 bits per heavy atom. The number of allylic oxidation sites excluding steroid dienone is 2. The lowest BCUT2D eigenvalue weighted by atomic mass is 9.63. The zero-order chi connectivity index (χ0) is 17.7. The molecule has 5 rings (SSSR count). The number of nitrogens with zero attached hydrogens (tertiary/aromatic N) is 2. The molecule has 0 aromatic heterocycles. The number of ether oxygens (including phenoxy) is 1. The topological polar surface area (TPSA) is 79.2 Å². The van der Waals surface area contributed by atoms with E-state index in [1.165, 1.54) is 13.3 Å². The monoisotopic (exact) mass is 452 g/mol. The van der Waals surface area contributed by atoms with Crippen molar-refractivity contribution in [2.24, 2.45) is 28.8 Å². The van der Waals surface area contributed by atoms with E-state index in [1.54, 1.807) is 12.1 Å². The number of fused-ring (bicyclic) bond motifs is 1. The number of aromatic hydroxyl groups is 1. The van der Waals surface area contributed by atoms with Crippen molar-refractivity contribution in [2.45, 2.75) is 12.8 Å². The van der Waals surface area contributed by atoms with Crippen LogP contribution in [-0.4, -0.2) is 35.3 Å². The maximum Gasteiger partial charge on any atom is 0.254 e. The molecule has 4 aliphatic rings. The van der Waals surface area contributed by atoms with Gasteiger partial charge in [-0.05, 0) is 65.0 Å². The number of benzene rings is 1. The van der Waals surface area contributed by atoms with Crippen LogP contribution in [0.15, 0.2) is 29.4 Å². The molecule has 7 heteroatoms. The van der Waals surface area contributed by atoms with E-state index in [0.717, 1.165) is 17.9 Å². The normalized spacial score (nSPS) is 30.4. The molecule has 25 heavy (non-hydrogen) atoms. The van der Waals surface area contributed by atoms with Gasteiger partial charge in [-0.15, -0.1) is 0 Å². The highest BCUT2D eigenvalue weighted by molar-refractivity contribution is 14.1. The Balaban J connectivity index is 1.62. The molecule has 130 valence electrons. The summed E-state index contributed by atoms with van der Waals surface area (Å²) in [5, 5.41) is 15.1. The second-order valence-corrected chi connectivity index (χ2v) is 7.79. The fourth-order valence-electron chi connectivity index (χ4n) is 4.12. The summed E-state index contributed by atoms with van der Waals surface area (Å²) in [4.78, 5) is 25.4. The van der Waals surface area contributed by atoms with E-state index in [1.807, 2.05) is 22.6 Å². The molecule has 0 spiro atoms. The molecule has 6 nitrogen and oxygen atoms in total. The van der Waals surface area contributed by atoms with Gasteiger partial charge < -0.3 is 9.84 Å². The first-order chi connectivity index (χ1) is 12.0. The number of imide groups is 1. The van der Waals surface area contributed by atoms with Crippen molar-refractivity contribution in [1.82, 2.24) is 5.01 Å². The molecule has 0 radical (unpaired) electrons. The lowest BCUT2D eigenvalue weighted by molar-refractivity contribution is -0.140. The number of phenolic OH excluding ortho intramolecular Hbond substituents is 1. The van der Waals surface area contributed by atoms with Gasteiger partial charge in [-0.2, -0.15) is 10.1 Å². The van der Waals surface area contributed by atoms with Crippen LogP contribution >= 0.6 is 22.6 Å². The fraction of sp³-hybridized carbons (Fsp3) is 0.389. The summed E-state index contributed by atoms with van der Waals surface area (Å²) in [5.41, 5.74) is 0.649. The molecular weight excluding hydrogens is 435 g/mol. The standard InChI is InChI=1S/C18H17IN2O4/c1-25-13-7-9(6-12(19)16(13)22)8-20-21-17(23)14-10-2-3-11(5-4-10)15(14)18(21)24/h2-3,6-8,10-11,14-15,22H,4-5H2,1H3/b20-8-/t10-,11-,14+,15+/m0/s1. The van der Waals surface area contributed by atoms with Crippen LogP contribution in [0.3, 0.4) is 0 Å². The van der Waals surface area contributed by atoms with Crippen LogP contribution in [0.2, 0.25) is 0 Å². The lowest BCUT2D eigenvalue weighted by Gasteiger charge is -2.37. The van der Waals surface area contributed by atoms with Crippen molar-refractivity contribution in [3.8, 4) is 11.5 Å². The van der Waals surface area contributed by atoms with Gasteiger partial charge in [0.05, 0.1) is 28.7 Å². The number of carbonyl (C=O) groups is 2. The minimum Gasteiger partial charge on any atom is -0.504 e. The third kappa shape index (κ3) is 2.56. The number of amides is 2. The SMILES string of the molecule is COc1cc(/C=N\N2C(=O)[C@H]3[C@H](C2=O)[C@H]2C=C[C@H]3CC2)cc(I)c1O. The third-order valence-electron chi connectivity index (χ3n) is 5.33. The molecule has 1 aromatic rings. The molecule has 1 aromatic carbocycles. The third-order valence-corrected chi connectivity index (χ3v) is 6.15. The summed E-state index contributed by atoms with van der Waals surface area (Å²) >= 11 is 1.99. The summed E-state index contributed by atoms with van der Waals surface area (Å²) in [5.74, 6) is -0.240. The van der Waals surface area contributed by atoms with Gasteiger partial charge in [0.25, 0.3) is 11.8 Å². The van der Waals surface area contributed by atoms with E-state index < -0.39 is 0 Å².